The molecule has 44 heavy (non-hydrogen) atoms. The molecular formula is C29H40N6O8S. The van der Waals surface area contributed by atoms with E-state index in [0.717, 1.165) is 25.0 Å². The second-order valence-corrected chi connectivity index (χ2v) is 11.6. The molecule has 240 valence electrons. The molecule has 1 aromatic carbocycles. The van der Waals surface area contributed by atoms with Crippen LogP contribution in [0.25, 0.3) is 5.69 Å². The number of fused-ring (bicyclic) bond motifs is 1. The number of urea groups is 1. The van der Waals surface area contributed by atoms with Crippen LogP contribution in [0, 0.1) is 0 Å². The van der Waals surface area contributed by atoms with Gasteiger partial charge in [0.15, 0.2) is 6.29 Å². The lowest BCUT2D eigenvalue weighted by molar-refractivity contribution is -0.121. The average molecular weight is 633 g/mol. The molecule has 2 aliphatic heterocycles. The van der Waals surface area contributed by atoms with E-state index in [1.54, 1.807) is 35.1 Å². The molecule has 0 saturated carbocycles. The quantitative estimate of drug-likeness (QED) is 0.0557. The minimum absolute atomic E-state index is 0.0307. The van der Waals surface area contributed by atoms with E-state index in [-0.39, 0.29) is 36.9 Å². The Morgan fingerprint density at radius 3 is 2.41 bits per heavy atom. The van der Waals surface area contributed by atoms with Crippen molar-refractivity contribution in [2.75, 3.05) is 58.5 Å². The Morgan fingerprint density at radius 1 is 0.977 bits per heavy atom. The van der Waals surface area contributed by atoms with Crippen LogP contribution >= 0.6 is 11.8 Å². The summed E-state index contributed by atoms with van der Waals surface area (Å²) in [5, 5.41) is 17.4. The number of ketones is 1. The van der Waals surface area contributed by atoms with Crippen molar-refractivity contribution in [3.05, 3.63) is 41.7 Å². The van der Waals surface area contributed by atoms with Crippen LogP contribution in [0.1, 0.15) is 41.7 Å². The van der Waals surface area contributed by atoms with Gasteiger partial charge in [-0.25, -0.2) is 9.48 Å². The van der Waals surface area contributed by atoms with Gasteiger partial charge >= 0.3 is 6.03 Å². The summed E-state index contributed by atoms with van der Waals surface area (Å²) >= 11 is 1.89. The normalized spacial score (nSPS) is 18.9. The summed E-state index contributed by atoms with van der Waals surface area (Å²) in [5.41, 5.74) is 1.68. The van der Waals surface area contributed by atoms with Gasteiger partial charge in [-0.3, -0.25) is 14.4 Å². The molecule has 15 heteroatoms. The molecule has 2 aromatic rings. The fraction of sp³-hybridized carbons (Fsp3) is 0.586. The molecule has 14 nitrogen and oxygen atoms in total. The molecule has 0 radical (unpaired) electrons. The minimum atomic E-state index is -0.572. The van der Waals surface area contributed by atoms with Crippen LogP contribution in [0.5, 0.6) is 0 Å². The number of hydrogen-bond acceptors (Lipinski definition) is 11. The highest BCUT2D eigenvalue weighted by atomic mass is 32.2. The lowest BCUT2D eigenvalue weighted by atomic mass is 10.0. The van der Waals surface area contributed by atoms with Gasteiger partial charge in [-0.1, -0.05) is 11.6 Å². The van der Waals surface area contributed by atoms with Crippen molar-refractivity contribution in [1.29, 1.82) is 0 Å². The summed E-state index contributed by atoms with van der Waals surface area (Å²) in [6.45, 7) is 3.73. The SMILES string of the molecule is O=CC(=O)c1ccc(-n2cc(COCCOCCOCCOCCNC(=O)CCCC[C@H]3SC[C@H]4NC(=O)N[C@@H]43)nn2)cc1. The number of benzene rings is 1. The van der Waals surface area contributed by atoms with Crippen molar-refractivity contribution < 1.29 is 38.1 Å². The zero-order valence-electron chi connectivity index (χ0n) is 24.6. The summed E-state index contributed by atoms with van der Waals surface area (Å²) in [7, 11) is 0. The summed E-state index contributed by atoms with van der Waals surface area (Å²) in [4.78, 5) is 45.5. The van der Waals surface area contributed by atoms with E-state index in [1.807, 2.05) is 11.8 Å². The second-order valence-electron chi connectivity index (χ2n) is 10.3. The van der Waals surface area contributed by atoms with Crippen LogP contribution in [0.4, 0.5) is 4.79 Å². The monoisotopic (exact) mass is 632 g/mol. The van der Waals surface area contributed by atoms with Crippen molar-refractivity contribution in [3.8, 4) is 5.69 Å². The van der Waals surface area contributed by atoms with Gasteiger partial charge in [-0.2, -0.15) is 11.8 Å². The molecule has 0 spiro atoms. The van der Waals surface area contributed by atoms with Gasteiger partial charge in [-0.15, -0.1) is 5.10 Å². The predicted octanol–water partition coefficient (Wildman–Crippen LogP) is 1.06. The number of thioether (sulfide) groups is 1. The molecule has 2 aliphatic rings. The van der Waals surface area contributed by atoms with E-state index in [0.29, 0.717) is 81.4 Å². The van der Waals surface area contributed by atoms with Gasteiger partial charge in [0.25, 0.3) is 0 Å². The van der Waals surface area contributed by atoms with Gasteiger partial charge in [0.2, 0.25) is 11.7 Å². The molecular weight excluding hydrogens is 592 g/mol. The van der Waals surface area contributed by atoms with Gasteiger partial charge in [0.05, 0.1) is 76.8 Å². The van der Waals surface area contributed by atoms with E-state index in [1.165, 1.54) is 0 Å². The number of hydrogen-bond donors (Lipinski definition) is 3. The molecule has 3 N–H and O–H groups in total. The Bertz CT molecular complexity index is 1210. The first-order valence-electron chi connectivity index (χ1n) is 14.8. The first-order chi connectivity index (χ1) is 21.5. The number of Topliss-reactive ketones (excluding diaryl/α,β-unsaturated/α-hetero) is 1. The van der Waals surface area contributed by atoms with Gasteiger partial charge < -0.3 is 34.9 Å². The van der Waals surface area contributed by atoms with E-state index < -0.39 is 5.78 Å². The fourth-order valence-electron chi connectivity index (χ4n) is 4.80. The lowest BCUT2D eigenvalue weighted by Gasteiger charge is -2.16. The van der Waals surface area contributed by atoms with Gasteiger partial charge in [-0.05, 0) is 37.1 Å². The van der Waals surface area contributed by atoms with Gasteiger partial charge in [0, 0.05) is 29.5 Å². The topological polar surface area (TPSA) is 172 Å². The van der Waals surface area contributed by atoms with Crippen LogP contribution in [0.3, 0.4) is 0 Å². The zero-order chi connectivity index (χ0) is 31.0. The van der Waals surface area contributed by atoms with Crippen LogP contribution < -0.4 is 16.0 Å². The van der Waals surface area contributed by atoms with E-state index in [9.17, 15) is 19.2 Å². The van der Waals surface area contributed by atoms with Crippen LogP contribution in [0.15, 0.2) is 30.5 Å². The molecule has 3 heterocycles. The van der Waals surface area contributed by atoms with Crippen molar-refractivity contribution in [2.45, 2.75) is 49.6 Å². The zero-order valence-corrected chi connectivity index (χ0v) is 25.4. The van der Waals surface area contributed by atoms with Crippen molar-refractivity contribution in [1.82, 2.24) is 30.9 Å². The first-order valence-corrected chi connectivity index (χ1v) is 15.9. The average Bonchev–Trinajstić information content (AvgIpc) is 3.76. The molecule has 4 rings (SSSR count). The Labute approximate surface area is 260 Å². The molecule has 0 unspecified atom stereocenters. The maximum Gasteiger partial charge on any atom is 0.315 e. The fourth-order valence-corrected chi connectivity index (χ4v) is 6.34. The number of nitrogens with zero attached hydrogens (tertiary/aromatic N) is 3. The van der Waals surface area contributed by atoms with Crippen LogP contribution in [-0.2, 0) is 35.1 Å². The number of rotatable bonds is 22. The molecule has 0 aliphatic carbocycles. The molecule has 2 saturated heterocycles. The third-order valence-electron chi connectivity index (χ3n) is 7.08. The third-order valence-corrected chi connectivity index (χ3v) is 8.59. The molecule has 2 fully saturated rings. The highest BCUT2D eigenvalue weighted by Crippen LogP contribution is 2.33. The van der Waals surface area contributed by atoms with E-state index in [2.05, 4.69) is 26.3 Å². The summed E-state index contributed by atoms with van der Waals surface area (Å²) < 4.78 is 23.6. The van der Waals surface area contributed by atoms with Crippen LogP contribution in [-0.4, -0.2) is 115 Å². The highest BCUT2D eigenvalue weighted by molar-refractivity contribution is 8.00. The lowest BCUT2D eigenvalue weighted by Crippen LogP contribution is -2.36. The Hall–Kier alpha value is -3.37. The van der Waals surface area contributed by atoms with Crippen molar-refractivity contribution in [2.24, 2.45) is 0 Å². The number of carbonyl (C=O) groups is 4. The number of carbonyl (C=O) groups excluding carboxylic acids is 4. The predicted molar refractivity (Wildman–Crippen MR) is 161 cm³/mol. The van der Waals surface area contributed by atoms with Crippen molar-refractivity contribution >= 4 is 35.8 Å². The maximum absolute atomic E-state index is 12.0. The number of ether oxygens (including phenoxy) is 4. The number of amides is 3. The van der Waals surface area contributed by atoms with E-state index in [4.69, 9.17) is 18.9 Å². The smallest absolute Gasteiger partial charge is 0.315 e. The van der Waals surface area contributed by atoms with Gasteiger partial charge in [0.1, 0.15) is 5.69 Å². The molecule has 3 atom stereocenters. The second kappa shape index (κ2) is 18.4. The van der Waals surface area contributed by atoms with Crippen molar-refractivity contribution in [3.63, 3.8) is 0 Å². The first kappa shape index (κ1) is 33.5. The molecule has 0 bridgehead atoms. The van der Waals surface area contributed by atoms with E-state index >= 15 is 0 Å². The summed E-state index contributed by atoms with van der Waals surface area (Å²) in [6.07, 6.45) is 5.31. The standard InChI is InChI=1S/C29H40N6O8S/c36-18-25(37)21-5-7-23(8-6-21)35-17-22(33-34-35)19-43-16-15-42-14-13-41-12-11-40-10-9-30-27(38)4-2-1-3-26-28-24(20-44-26)31-29(39)32-28/h5-8,17-18,24,26,28H,1-4,9-16,19-20H2,(H,30,38)(H2,31,32,39)/t24-,26-,28+/m1/s1. The minimum Gasteiger partial charge on any atom is -0.377 e. The number of aldehydes is 1. The maximum atomic E-state index is 12.0. The summed E-state index contributed by atoms with van der Waals surface area (Å²) in [6, 6.07) is 6.88. The largest absolute Gasteiger partial charge is 0.377 e. The highest BCUT2D eigenvalue weighted by Gasteiger charge is 2.42. The summed E-state index contributed by atoms with van der Waals surface area (Å²) in [5.74, 6) is 0.412. The Morgan fingerprint density at radius 2 is 1.68 bits per heavy atom. The molecule has 3 amide bonds. The van der Waals surface area contributed by atoms with Crippen LogP contribution in [0.2, 0.25) is 0 Å². The Balaban J connectivity index is 0.893. The number of unbranched alkanes of at least 4 members (excludes halogenated alkanes) is 1. The number of nitrogens with one attached hydrogen (secondary N) is 3. The third kappa shape index (κ3) is 11.0. The Kier molecular flexibility index (Phi) is 14.0. The molecule has 1 aromatic heterocycles. The number of aromatic nitrogens is 3.